The van der Waals surface area contributed by atoms with Crippen LogP contribution < -0.4 is 22.8 Å². The van der Waals surface area contributed by atoms with Crippen LogP contribution in [0.4, 0.5) is 0 Å². The molecule has 0 aliphatic heterocycles. The minimum Gasteiger partial charge on any atom is -0.437 e. The molecule has 20 aromatic rings. The molecule has 0 bridgehead atoms. The summed E-state index contributed by atoms with van der Waals surface area (Å²) in [4.78, 5) is 23.5. The molecule has 768 valence electrons. The standard InChI is InChI=1S/3C27H33N2O.2C26H31N2O/c2*1-15(2)21-13-24(29(8)14-22(21)16(3)4)25-18(7)9-10-19-20-11-12-23(17(5)6)28-27(20)30-26(19)25;1-8-20-10-12-22-21-11-9-18(6)25(26(21)30-27(22)28-20)24-14-23(17(4)5)19(13-16(2)3)15-29(24)7;2*1-8-18-10-12-20-19-11-9-17(6)24(25(19)29-26(20)27-18)23-13-21(15(2)3)22(16(4)5)14-28(23)7/h2*9-17H,1-8H3;9-12,14-17H,8,13H2,1-7H3;2*9-16H,8H2,1-7H3/q5*+1/i1D3,3D3,4D3,15D,16D;15D;;2D3,4D3,5D3,15D,16D;15D. The minimum atomic E-state index is -3.37. The van der Waals surface area contributed by atoms with Gasteiger partial charge in [0.2, 0.25) is 57.0 Å². The number of nitrogens with zero attached hydrogens (tertiary/aromatic N) is 10. The number of aromatic nitrogens is 10. The first-order valence-electron chi connectivity index (χ1n) is 63.9. The molecule has 148 heavy (non-hydrogen) atoms. The number of rotatable bonds is 21. The fraction of sp³-hybridized carbons (Fsp3) is 0.398. The molecule has 0 spiro atoms. The molecule has 15 nitrogen and oxygen atoms in total. The fourth-order valence-electron chi connectivity index (χ4n) is 20.6. The molecule has 15 heterocycles. The highest BCUT2D eigenvalue weighted by molar-refractivity contribution is 6.13. The lowest BCUT2D eigenvalue weighted by atomic mass is 9.90. The Hall–Kier alpha value is -13.4. The van der Waals surface area contributed by atoms with Crippen molar-refractivity contribution in [2.75, 3.05) is 0 Å². The fourth-order valence-corrected chi connectivity index (χ4v) is 20.6. The third kappa shape index (κ3) is 21.0. The van der Waals surface area contributed by atoms with E-state index in [1.807, 2.05) is 111 Å². The molecule has 0 saturated carbocycles. The molecule has 5 aromatic carbocycles. The monoisotopic (exact) mass is 2000 g/mol. The maximum Gasteiger partial charge on any atom is 0.227 e. The summed E-state index contributed by atoms with van der Waals surface area (Å²) in [7, 11) is 9.41. The summed E-state index contributed by atoms with van der Waals surface area (Å²) >= 11 is 0. The second-order valence-electron chi connectivity index (χ2n) is 42.5. The lowest BCUT2D eigenvalue weighted by Gasteiger charge is -2.16. The van der Waals surface area contributed by atoms with Gasteiger partial charge in [0.25, 0.3) is 0 Å². The van der Waals surface area contributed by atoms with Crippen molar-refractivity contribution in [2.45, 2.75) is 312 Å². The van der Waals surface area contributed by atoms with Gasteiger partial charge in [-0.2, -0.15) is 0 Å². The van der Waals surface area contributed by atoms with Crippen LogP contribution in [0.2, 0.25) is 0 Å². The summed E-state index contributed by atoms with van der Waals surface area (Å²) in [6, 6.07) is 50.2. The van der Waals surface area contributed by atoms with Gasteiger partial charge in [-0.3, -0.25) is 0 Å². The lowest BCUT2D eigenvalue weighted by molar-refractivity contribution is -0.661. The molecule has 2 atom stereocenters. The predicted octanol–water partition coefficient (Wildman–Crippen LogP) is 34.1. The summed E-state index contributed by atoms with van der Waals surface area (Å²) in [5.74, 6) is -10.4. The molecule has 2 unspecified atom stereocenters. The molecule has 0 saturated heterocycles. The van der Waals surface area contributed by atoms with Crippen LogP contribution in [0.25, 0.3) is 167 Å². The molecule has 0 aliphatic rings. The van der Waals surface area contributed by atoms with Gasteiger partial charge in [0.1, 0.15) is 35.2 Å². The van der Waals surface area contributed by atoms with Gasteiger partial charge in [0.15, 0.2) is 58.9 Å². The molecule has 15 aromatic heterocycles. The summed E-state index contributed by atoms with van der Waals surface area (Å²) in [5, 5.41) is 9.53. The average Bonchev–Trinajstić information content (AvgIpc) is 0.822. The Bertz CT molecular complexity index is 9540. The second kappa shape index (κ2) is 43.8. The summed E-state index contributed by atoms with van der Waals surface area (Å²) < 4.78 is 239. The lowest BCUT2D eigenvalue weighted by Crippen LogP contribution is -2.32. The Balaban J connectivity index is 0.000000150. The van der Waals surface area contributed by atoms with Gasteiger partial charge in [-0.25, -0.2) is 47.8 Å². The molecule has 0 N–H and O–H groups in total. The van der Waals surface area contributed by atoms with E-state index in [1.54, 1.807) is 14.1 Å². The number of hydrogen-bond acceptors (Lipinski definition) is 10. The Morgan fingerprint density at radius 3 is 0.716 bits per heavy atom. The van der Waals surface area contributed by atoms with Crippen LogP contribution in [-0.2, 0) is 60.9 Å². The first-order chi connectivity index (χ1) is 79.6. The first kappa shape index (κ1) is 79.7. The van der Waals surface area contributed by atoms with E-state index in [0.717, 1.165) is 206 Å². The molecule has 15 heteroatoms. The molecule has 0 amide bonds. The van der Waals surface area contributed by atoms with Crippen molar-refractivity contribution in [3.05, 3.63) is 295 Å². The van der Waals surface area contributed by atoms with Gasteiger partial charge in [-0.15, -0.1) is 0 Å². The van der Waals surface area contributed by atoms with Gasteiger partial charge >= 0.3 is 0 Å². The SMILES string of the molecule is CCc1ccc2c(n1)oc1c(-c3cc(C(C)C)c(CC(C)C)c[n+]3C)c(C)ccc12.[2H]C(C)(C)c1cc(-c2c(C)ccc3c2oc2nc(C(C)C)ccc23)[n+](C)cc1C(C)C.[2H]C(C)(C)c1cc(-c2c(C)ccc3c2oc2nc(CC)ccc23)[n+](C)cc1C(C)C.[2H]C([2H])([2H])C([2H])(C)c1cc(-c2c(C)ccc3c2oc2nc(C(C)C)ccc23)[n+](C)cc1C([2H])(C([2H])([2H])[2H])C([2H])([2H])[2H].[2H]C([2H])([2H])C([2H])(C)c1cc(-c2c(C)ccc3c2oc2nc(CC)ccc23)[n+](C)cc1C([2H])(C([2H])([2H])[2H])C([2H])([2H])[2H]. The van der Waals surface area contributed by atoms with Crippen LogP contribution in [-0.4, -0.2) is 24.9 Å². The number of fused-ring (bicyclic) bond motifs is 15. The molecular weight excluding hydrogens is 1820 g/mol. The quantitative estimate of drug-likeness (QED) is 0.0636. The zero-order chi connectivity index (χ0) is 127. The Morgan fingerprint density at radius 1 is 0.250 bits per heavy atom. The third-order valence-electron chi connectivity index (χ3n) is 28.8. The number of hydrogen-bond donors (Lipinski definition) is 0. The van der Waals surface area contributed by atoms with Crippen molar-refractivity contribution in [1.82, 2.24) is 24.9 Å². The van der Waals surface area contributed by atoms with E-state index in [0.29, 0.717) is 92.5 Å². The van der Waals surface area contributed by atoms with Crippen LogP contribution in [0, 0.1) is 40.5 Å². The highest BCUT2D eigenvalue weighted by Gasteiger charge is 2.34. The van der Waals surface area contributed by atoms with Crippen molar-refractivity contribution in [3.8, 4) is 56.3 Å². The van der Waals surface area contributed by atoms with Crippen molar-refractivity contribution in [2.24, 2.45) is 41.2 Å². The number of aryl methyl sites for hydroxylation is 13. The molecule has 0 aliphatic carbocycles. The maximum atomic E-state index is 8.89. The molecule has 20 rings (SSSR count). The second-order valence-corrected chi connectivity index (χ2v) is 42.5. The minimum absolute atomic E-state index is 0.165. The number of furan rings is 5. The van der Waals surface area contributed by atoms with E-state index in [9.17, 15) is 0 Å². The van der Waals surface area contributed by atoms with E-state index >= 15 is 0 Å². The van der Waals surface area contributed by atoms with Crippen LogP contribution in [0.5, 0.6) is 0 Å². The van der Waals surface area contributed by atoms with Crippen molar-refractivity contribution in [3.63, 3.8) is 0 Å². The third-order valence-corrected chi connectivity index (χ3v) is 28.8. The number of pyridine rings is 10. The normalized spacial score (nSPS) is 16.1. The van der Waals surface area contributed by atoms with Crippen LogP contribution >= 0.6 is 0 Å². The van der Waals surface area contributed by atoms with Crippen LogP contribution in [0.15, 0.2) is 205 Å². The highest BCUT2D eigenvalue weighted by atomic mass is 16.4. The number of benzene rings is 5. The molecular formula is C133H161N10O5+5. The molecule has 0 radical (unpaired) electrons. The van der Waals surface area contributed by atoms with E-state index in [2.05, 4.69) is 258 Å². The van der Waals surface area contributed by atoms with E-state index in [1.165, 1.54) is 60.3 Å². The van der Waals surface area contributed by atoms with Crippen LogP contribution in [0.1, 0.15) is 396 Å². The largest absolute Gasteiger partial charge is 0.437 e. The van der Waals surface area contributed by atoms with Gasteiger partial charge < -0.3 is 22.1 Å². The average molecular weight is 2000 g/mol. The summed E-state index contributed by atoms with van der Waals surface area (Å²) in [5.41, 5.74) is 30.3. The smallest absolute Gasteiger partial charge is 0.227 e. The zero-order valence-electron chi connectivity index (χ0n) is 116. The van der Waals surface area contributed by atoms with Gasteiger partial charge in [-0.1, -0.05) is 247 Å². The zero-order valence-corrected chi connectivity index (χ0v) is 92.1. The van der Waals surface area contributed by atoms with Crippen LogP contribution in [0.3, 0.4) is 0 Å². The van der Waals surface area contributed by atoms with Gasteiger partial charge in [0.05, 0.1) is 27.8 Å². The maximum absolute atomic E-state index is 8.89. The topological polar surface area (TPSA) is 150 Å². The van der Waals surface area contributed by atoms with Crippen molar-refractivity contribution >= 4 is 110 Å². The van der Waals surface area contributed by atoms with E-state index in [4.69, 9.17) is 69.9 Å². The Morgan fingerprint density at radius 2 is 0.480 bits per heavy atom. The van der Waals surface area contributed by atoms with Crippen molar-refractivity contribution in [1.29, 1.82) is 0 Å². The highest BCUT2D eigenvalue weighted by Crippen LogP contribution is 2.47. The first-order valence-corrected chi connectivity index (χ1v) is 51.9. The van der Waals surface area contributed by atoms with Gasteiger partial charge in [0, 0.05) is 173 Å². The predicted molar refractivity (Wildman–Crippen MR) is 616 cm³/mol. The van der Waals surface area contributed by atoms with E-state index in [-0.39, 0.29) is 17.0 Å². The van der Waals surface area contributed by atoms with E-state index < -0.39 is 87.6 Å². The Kier molecular flexibility index (Phi) is 23.6. The van der Waals surface area contributed by atoms with Gasteiger partial charge in [-0.05, 0) is 247 Å². The summed E-state index contributed by atoms with van der Waals surface area (Å²) in [6.07, 6.45) is 12.6. The Labute approximate surface area is 912 Å². The molecule has 0 fully saturated rings. The van der Waals surface area contributed by atoms with Crippen molar-refractivity contribution < 1.29 is 77.8 Å². The summed E-state index contributed by atoms with van der Waals surface area (Å²) in [6.45, 7) is 33.0.